The van der Waals surface area contributed by atoms with Crippen molar-refractivity contribution in [1.29, 1.82) is 0 Å². The summed E-state index contributed by atoms with van der Waals surface area (Å²) in [5, 5.41) is 2.81. The number of likely N-dealkylation sites (N-methyl/N-ethyl adjacent to an activating group) is 1. The number of carbonyl (C=O) groups is 2. The zero-order chi connectivity index (χ0) is 28.6. The Morgan fingerprint density at radius 2 is 1.62 bits per heavy atom. The molecule has 0 spiro atoms. The minimum Gasteiger partial charge on any atom is -0.497 e. The minimum absolute atomic E-state index is 0.0789. The number of hydrogen-bond donors (Lipinski definition) is 1. The average Bonchev–Trinajstić information content (AvgIpc) is 2.93. The highest BCUT2D eigenvalue weighted by molar-refractivity contribution is 7.92. The first-order chi connectivity index (χ1) is 18.6. The lowest BCUT2D eigenvalue weighted by Gasteiger charge is -2.33. The maximum Gasteiger partial charge on any atom is 0.264 e. The van der Waals surface area contributed by atoms with Gasteiger partial charge in [-0.1, -0.05) is 55.0 Å². The molecule has 8 nitrogen and oxygen atoms in total. The van der Waals surface area contributed by atoms with Crippen molar-refractivity contribution in [3.63, 3.8) is 0 Å². The maximum absolute atomic E-state index is 14.0. The first kappa shape index (κ1) is 29.7. The topological polar surface area (TPSA) is 96.0 Å². The molecule has 0 saturated carbocycles. The molecular weight excluding hydrogens is 514 g/mol. The third-order valence-corrected chi connectivity index (χ3v) is 8.25. The van der Waals surface area contributed by atoms with Gasteiger partial charge in [-0.2, -0.15) is 0 Å². The van der Waals surface area contributed by atoms with Crippen molar-refractivity contribution in [1.82, 2.24) is 10.2 Å². The third-order valence-electron chi connectivity index (χ3n) is 6.48. The van der Waals surface area contributed by atoms with Gasteiger partial charge in [-0.05, 0) is 68.7 Å². The summed E-state index contributed by atoms with van der Waals surface area (Å²) in [4.78, 5) is 28.6. The number of ether oxygens (including phenoxy) is 1. The van der Waals surface area contributed by atoms with Crippen LogP contribution in [0.5, 0.6) is 5.75 Å². The number of benzene rings is 3. The molecule has 9 heteroatoms. The molecule has 1 atom stereocenters. The van der Waals surface area contributed by atoms with E-state index in [1.807, 2.05) is 52.0 Å². The third kappa shape index (κ3) is 7.17. The molecule has 0 radical (unpaired) electrons. The normalized spacial score (nSPS) is 11.9. The molecule has 0 aliphatic heterocycles. The molecule has 0 heterocycles. The number of aryl methyl sites for hydroxylation is 2. The number of amides is 2. The largest absolute Gasteiger partial charge is 0.497 e. The molecule has 3 aromatic rings. The van der Waals surface area contributed by atoms with Crippen LogP contribution in [0, 0.1) is 13.8 Å². The average molecular weight is 552 g/mol. The molecule has 3 aromatic carbocycles. The van der Waals surface area contributed by atoms with Gasteiger partial charge in [0.05, 0.1) is 17.7 Å². The Bertz CT molecular complexity index is 1380. The Kier molecular flexibility index (Phi) is 10.1. The quantitative estimate of drug-likeness (QED) is 0.359. The Morgan fingerprint density at radius 1 is 0.949 bits per heavy atom. The molecule has 0 saturated heterocycles. The van der Waals surface area contributed by atoms with E-state index in [1.165, 1.54) is 17.0 Å². The van der Waals surface area contributed by atoms with Gasteiger partial charge in [-0.3, -0.25) is 13.9 Å². The van der Waals surface area contributed by atoms with Crippen molar-refractivity contribution in [3.8, 4) is 5.75 Å². The Morgan fingerprint density at radius 3 is 2.18 bits per heavy atom. The van der Waals surface area contributed by atoms with Gasteiger partial charge >= 0.3 is 0 Å². The molecule has 0 unspecified atom stereocenters. The Labute approximate surface area is 231 Å². The molecule has 208 valence electrons. The number of hydrogen-bond acceptors (Lipinski definition) is 5. The van der Waals surface area contributed by atoms with E-state index in [4.69, 9.17) is 4.74 Å². The van der Waals surface area contributed by atoms with Gasteiger partial charge in [0.15, 0.2) is 0 Å². The number of sulfonamides is 1. The van der Waals surface area contributed by atoms with Crippen molar-refractivity contribution in [2.75, 3.05) is 24.5 Å². The van der Waals surface area contributed by atoms with Crippen LogP contribution in [0.15, 0.2) is 77.7 Å². The van der Waals surface area contributed by atoms with Crippen LogP contribution in [-0.2, 0) is 26.2 Å². The van der Waals surface area contributed by atoms with Crippen molar-refractivity contribution >= 4 is 27.5 Å². The molecule has 0 aromatic heterocycles. The maximum atomic E-state index is 14.0. The van der Waals surface area contributed by atoms with Crippen LogP contribution in [0.25, 0.3) is 0 Å². The lowest BCUT2D eigenvalue weighted by molar-refractivity contribution is -0.140. The Balaban J connectivity index is 2.07. The van der Waals surface area contributed by atoms with Gasteiger partial charge in [0, 0.05) is 13.1 Å². The monoisotopic (exact) mass is 551 g/mol. The minimum atomic E-state index is -4.09. The van der Waals surface area contributed by atoms with Gasteiger partial charge < -0.3 is 15.0 Å². The van der Waals surface area contributed by atoms with Gasteiger partial charge in [0.2, 0.25) is 11.8 Å². The molecule has 0 aliphatic rings. The van der Waals surface area contributed by atoms with Crippen molar-refractivity contribution in [2.24, 2.45) is 0 Å². The SMILES string of the molecule is CCNC(=O)[C@@H](CC)N(Cc1ccc(OC)cc1)C(=O)CN(c1ccc(C)cc1C)S(=O)(=O)c1ccccc1. The van der Waals surface area contributed by atoms with Crippen LogP contribution in [-0.4, -0.2) is 51.4 Å². The zero-order valence-electron chi connectivity index (χ0n) is 23.2. The summed E-state index contributed by atoms with van der Waals surface area (Å²) in [6.07, 6.45) is 0.364. The van der Waals surface area contributed by atoms with Crippen molar-refractivity contribution in [2.45, 2.75) is 51.6 Å². The molecule has 2 amide bonds. The molecule has 3 rings (SSSR count). The number of rotatable bonds is 12. The zero-order valence-corrected chi connectivity index (χ0v) is 24.0. The van der Waals surface area contributed by atoms with E-state index < -0.39 is 28.5 Å². The van der Waals surface area contributed by atoms with E-state index in [0.29, 0.717) is 24.4 Å². The lowest BCUT2D eigenvalue weighted by atomic mass is 10.1. The second-order valence-corrected chi connectivity index (χ2v) is 11.2. The molecule has 0 aliphatic carbocycles. The van der Waals surface area contributed by atoms with Gasteiger partial charge in [-0.15, -0.1) is 0 Å². The summed E-state index contributed by atoms with van der Waals surface area (Å²) in [5.74, 6) is -0.100. The molecular formula is C30H37N3O5S. The highest BCUT2D eigenvalue weighted by atomic mass is 32.2. The lowest BCUT2D eigenvalue weighted by Crippen LogP contribution is -2.52. The van der Waals surface area contributed by atoms with Crippen LogP contribution >= 0.6 is 0 Å². The molecule has 0 bridgehead atoms. The first-order valence-corrected chi connectivity index (χ1v) is 14.4. The summed E-state index contributed by atoms with van der Waals surface area (Å²) in [7, 11) is -2.52. The summed E-state index contributed by atoms with van der Waals surface area (Å²) in [6, 6.07) is 19.9. The van der Waals surface area contributed by atoms with E-state index in [2.05, 4.69) is 5.32 Å². The summed E-state index contributed by atoms with van der Waals surface area (Å²) >= 11 is 0. The fourth-order valence-electron chi connectivity index (χ4n) is 4.46. The van der Waals surface area contributed by atoms with Crippen LogP contribution in [0.4, 0.5) is 5.69 Å². The fraction of sp³-hybridized carbons (Fsp3) is 0.333. The number of nitrogens with zero attached hydrogens (tertiary/aromatic N) is 2. The van der Waals surface area contributed by atoms with E-state index in [1.54, 1.807) is 43.5 Å². The predicted molar refractivity (Wildman–Crippen MR) is 153 cm³/mol. The van der Waals surface area contributed by atoms with Gasteiger partial charge in [0.1, 0.15) is 18.3 Å². The van der Waals surface area contributed by atoms with Crippen LogP contribution in [0.3, 0.4) is 0 Å². The van der Waals surface area contributed by atoms with Gasteiger partial charge in [-0.25, -0.2) is 8.42 Å². The number of anilines is 1. The highest BCUT2D eigenvalue weighted by Crippen LogP contribution is 2.28. The van der Waals surface area contributed by atoms with E-state index in [9.17, 15) is 18.0 Å². The predicted octanol–water partition coefficient (Wildman–Crippen LogP) is 4.45. The number of methoxy groups -OCH3 is 1. The molecule has 0 fully saturated rings. The second-order valence-electron chi connectivity index (χ2n) is 9.30. The van der Waals surface area contributed by atoms with Gasteiger partial charge in [0.25, 0.3) is 10.0 Å². The Hall–Kier alpha value is -3.85. The molecule has 39 heavy (non-hydrogen) atoms. The summed E-state index contributed by atoms with van der Waals surface area (Å²) in [6.45, 7) is 7.46. The van der Waals surface area contributed by atoms with E-state index in [0.717, 1.165) is 21.0 Å². The smallest absolute Gasteiger partial charge is 0.264 e. The van der Waals surface area contributed by atoms with Crippen LogP contribution < -0.4 is 14.4 Å². The highest BCUT2D eigenvalue weighted by Gasteiger charge is 2.34. The number of nitrogens with one attached hydrogen (secondary N) is 1. The van der Waals surface area contributed by atoms with E-state index >= 15 is 0 Å². The molecule has 1 N–H and O–H groups in total. The number of carbonyl (C=O) groups excluding carboxylic acids is 2. The van der Waals surface area contributed by atoms with Crippen molar-refractivity contribution < 1.29 is 22.7 Å². The van der Waals surface area contributed by atoms with Crippen LogP contribution in [0.2, 0.25) is 0 Å². The van der Waals surface area contributed by atoms with Crippen molar-refractivity contribution in [3.05, 3.63) is 89.5 Å². The second kappa shape index (κ2) is 13.3. The standard InChI is InChI=1S/C30H37N3O5S/c1-6-27(30(35)31-7-2)32(20-24-14-16-25(38-5)17-15-24)29(34)21-33(28-18-13-22(3)19-23(28)4)39(36,37)26-11-9-8-10-12-26/h8-19,27H,6-7,20-21H2,1-5H3,(H,31,35)/t27-/m1/s1. The summed E-state index contributed by atoms with van der Waals surface area (Å²) in [5.41, 5.74) is 2.90. The first-order valence-electron chi connectivity index (χ1n) is 13.0. The van der Waals surface area contributed by atoms with Crippen LogP contribution in [0.1, 0.15) is 37.0 Å². The summed E-state index contributed by atoms with van der Waals surface area (Å²) < 4.78 is 34.2. The fourth-order valence-corrected chi connectivity index (χ4v) is 5.96. The van der Waals surface area contributed by atoms with E-state index in [-0.39, 0.29) is 17.3 Å².